The summed E-state index contributed by atoms with van der Waals surface area (Å²) in [5.41, 5.74) is 1.87. The second-order valence-corrected chi connectivity index (χ2v) is 9.74. The molecule has 3 aromatic heterocycles. The van der Waals surface area contributed by atoms with E-state index in [0.717, 1.165) is 16.6 Å². The van der Waals surface area contributed by atoms with Gasteiger partial charge in [-0.3, -0.25) is 19.6 Å². The Kier molecular flexibility index (Phi) is 5.70. The minimum atomic E-state index is -0.538. The zero-order chi connectivity index (χ0) is 24.6. The number of rotatable bonds is 6. The lowest BCUT2D eigenvalue weighted by Crippen LogP contribution is -2.40. The molecule has 3 heterocycles. The van der Waals surface area contributed by atoms with Gasteiger partial charge in [0.2, 0.25) is 0 Å². The van der Waals surface area contributed by atoms with E-state index in [2.05, 4.69) is 20.6 Å². The number of carbonyl (C=O) groups is 2. The van der Waals surface area contributed by atoms with Crippen LogP contribution in [0, 0.1) is 0 Å². The van der Waals surface area contributed by atoms with Crippen LogP contribution in [-0.4, -0.2) is 38.8 Å². The van der Waals surface area contributed by atoms with Crippen molar-refractivity contribution < 1.29 is 9.59 Å². The maximum Gasteiger partial charge on any atom is 0.262 e. The molecule has 0 radical (unpaired) electrons. The van der Waals surface area contributed by atoms with Crippen molar-refractivity contribution in [3.63, 3.8) is 0 Å². The number of aromatic amines is 1. The number of anilines is 1. The summed E-state index contributed by atoms with van der Waals surface area (Å²) in [7, 11) is 1.69. The Bertz CT molecular complexity index is 1480. The first-order chi connectivity index (χ1) is 16.8. The fraction of sp³-hybridized carbons (Fsp3) is 0.154. The van der Waals surface area contributed by atoms with Crippen molar-refractivity contribution in [3.05, 3.63) is 95.1 Å². The van der Waals surface area contributed by atoms with Gasteiger partial charge in [-0.25, -0.2) is 4.68 Å². The summed E-state index contributed by atoms with van der Waals surface area (Å²) in [6, 6.07) is 20.7. The molecular formula is C26H24N6O2S. The number of nitrogens with one attached hydrogen (secondary N) is 2. The van der Waals surface area contributed by atoms with E-state index in [9.17, 15) is 9.59 Å². The molecule has 2 aromatic carbocycles. The molecule has 0 fully saturated rings. The molecule has 0 bridgehead atoms. The van der Waals surface area contributed by atoms with E-state index in [4.69, 9.17) is 0 Å². The third-order valence-corrected chi connectivity index (χ3v) is 6.93. The molecule has 176 valence electrons. The van der Waals surface area contributed by atoms with Gasteiger partial charge in [0.05, 0.1) is 21.5 Å². The van der Waals surface area contributed by atoms with Crippen LogP contribution in [0.5, 0.6) is 0 Å². The smallest absolute Gasteiger partial charge is 0.262 e. The molecule has 2 N–H and O–H groups in total. The molecule has 8 nitrogen and oxygen atoms in total. The first-order valence-corrected chi connectivity index (χ1v) is 11.9. The second kappa shape index (κ2) is 8.84. The first kappa shape index (κ1) is 22.5. The first-order valence-electron chi connectivity index (χ1n) is 11.1. The van der Waals surface area contributed by atoms with E-state index in [-0.39, 0.29) is 11.8 Å². The SMILES string of the molecule is CN(C(=O)c1ccc(-n2cccn2)cc1)c1[nH]nc2sc(C(=O)NC(C)(C)c3ccccc3)cc12. The van der Waals surface area contributed by atoms with Gasteiger partial charge in [0.15, 0.2) is 0 Å². The van der Waals surface area contributed by atoms with Gasteiger partial charge in [-0.15, -0.1) is 11.3 Å². The van der Waals surface area contributed by atoms with Crippen molar-refractivity contribution in [3.8, 4) is 5.69 Å². The molecule has 0 aliphatic heterocycles. The third-order valence-electron chi connectivity index (χ3n) is 5.90. The van der Waals surface area contributed by atoms with E-state index in [0.29, 0.717) is 21.1 Å². The maximum absolute atomic E-state index is 13.1. The minimum absolute atomic E-state index is 0.184. The molecule has 0 atom stereocenters. The molecule has 5 aromatic rings. The van der Waals surface area contributed by atoms with E-state index in [1.165, 1.54) is 16.2 Å². The fourth-order valence-electron chi connectivity index (χ4n) is 3.91. The van der Waals surface area contributed by atoms with Crippen LogP contribution < -0.4 is 10.2 Å². The Morgan fingerprint density at radius 3 is 2.49 bits per heavy atom. The summed E-state index contributed by atoms with van der Waals surface area (Å²) in [5, 5.41) is 15.3. The number of fused-ring (bicyclic) bond motifs is 1. The average Bonchev–Trinajstić information content (AvgIpc) is 3.61. The van der Waals surface area contributed by atoms with Gasteiger partial charge in [0.1, 0.15) is 10.6 Å². The van der Waals surface area contributed by atoms with Gasteiger partial charge >= 0.3 is 0 Å². The standard InChI is InChI=1S/C26H24N6O2S/c1-26(2,18-8-5-4-6-9-18)28-23(33)21-16-20-22(29-30-24(20)35-21)31(3)25(34)17-10-12-19(13-11-17)32-15-7-14-27-32/h4-16H,1-3H3,(H,28,33)(H,29,30). The summed E-state index contributed by atoms with van der Waals surface area (Å²) >= 11 is 1.29. The molecule has 2 amide bonds. The zero-order valence-electron chi connectivity index (χ0n) is 19.5. The Labute approximate surface area is 206 Å². The average molecular weight is 485 g/mol. The van der Waals surface area contributed by atoms with Crippen LogP contribution in [0.15, 0.2) is 79.1 Å². The third kappa shape index (κ3) is 4.33. The summed E-state index contributed by atoms with van der Waals surface area (Å²) in [5.74, 6) is 0.166. The number of carbonyl (C=O) groups excluding carboxylic acids is 2. The number of nitrogens with zero attached hydrogens (tertiary/aromatic N) is 4. The molecule has 0 aliphatic rings. The van der Waals surface area contributed by atoms with Crippen LogP contribution in [0.4, 0.5) is 5.82 Å². The highest BCUT2D eigenvalue weighted by Gasteiger charge is 2.26. The van der Waals surface area contributed by atoms with Gasteiger partial charge < -0.3 is 5.32 Å². The molecule has 0 aliphatic carbocycles. The largest absolute Gasteiger partial charge is 0.342 e. The van der Waals surface area contributed by atoms with Gasteiger partial charge in [0.25, 0.3) is 11.8 Å². The number of thiophene rings is 1. The summed E-state index contributed by atoms with van der Waals surface area (Å²) in [4.78, 5) is 28.9. The van der Waals surface area contributed by atoms with Crippen LogP contribution >= 0.6 is 11.3 Å². The maximum atomic E-state index is 13.1. The van der Waals surface area contributed by atoms with Crippen molar-refractivity contribution in [2.45, 2.75) is 19.4 Å². The van der Waals surface area contributed by atoms with Gasteiger partial charge in [-0.2, -0.15) is 10.2 Å². The number of hydrogen-bond donors (Lipinski definition) is 2. The van der Waals surface area contributed by atoms with Gasteiger partial charge in [-0.1, -0.05) is 30.3 Å². The van der Waals surface area contributed by atoms with Crippen molar-refractivity contribution in [2.24, 2.45) is 0 Å². The molecule has 35 heavy (non-hydrogen) atoms. The lowest BCUT2D eigenvalue weighted by molar-refractivity contribution is 0.0915. The summed E-state index contributed by atoms with van der Waals surface area (Å²) in [6.07, 6.45) is 3.55. The normalized spacial score (nSPS) is 11.5. The monoisotopic (exact) mass is 484 g/mol. The van der Waals surface area contributed by atoms with Crippen molar-refractivity contribution in [2.75, 3.05) is 11.9 Å². The topological polar surface area (TPSA) is 95.9 Å². The van der Waals surface area contributed by atoms with Crippen molar-refractivity contribution in [1.29, 1.82) is 0 Å². The summed E-state index contributed by atoms with van der Waals surface area (Å²) in [6.45, 7) is 3.93. The molecule has 9 heteroatoms. The predicted molar refractivity (Wildman–Crippen MR) is 137 cm³/mol. The Morgan fingerprint density at radius 2 is 1.80 bits per heavy atom. The van der Waals surface area contributed by atoms with Crippen LogP contribution in [0.1, 0.15) is 39.4 Å². The van der Waals surface area contributed by atoms with Crippen LogP contribution in [0.25, 0.3) is 15.9 Å². The minimum Gasteiger partial charge on any atom is -0.342 e. The van der Waals surface area contributed by atoms with E-state index >= 15 is 0 Å². The van der Waals surface area contributed by atoms with Crippen LogP contribution in [-0.2, 0) is 5.54 Å². The van der Waals surface area contributed by atoms with Gasteiger partial charge in [0, 0.05) is 25.0 Å². The Balaban J connectivity index is 1.35. The van der Waals surface area contributed by atoms with E-state index in [1.807, 2.05) is 68.6 Å². The Morgan fingerprint density at radius 1 is 1.06 bits per heavy atom. The van der Waals surface area contributed by atoms with E-state index < -0.39 is 5.54 Å². The molecule has 0 saturated heterocycles. The molecule has 0 unspecified atom stereocenters. The van der Waals surface area contributed by atoms with Gasteiger partial charge in [-0.05, 0) is 55.8 Å². The lowest BCUT2D eigenvalue weighted by atomic mass is 9.94. The van der Waals surface area contributed by atoms with Crippen molar-refractivity contribution >= 4 is 39.2 Å². The highest BCUT2D eigenvalue weighted by Crippen LogP contribution is 2.32. The molecule has 0 spiro atoms. The van der Waals surface area contributed by atoms with Crippen molar-refractivity contribution in [1.82, 2.24) is 25.3 Å². The zero-order valence-corrected chi connectivity index (χ0v) is 20.3. The number of hydrogen-bond acceptors (Lipinski definition) is 5. The van der Waals surface area contributed by atoms with Crippen LogP contribution in [0.3, 0.4) is 0 Å². The molecular weight excluding hydrogens is 460 g/mol. The van der Waals surface area contributed by atoms with E-state index in [1.54, 1.807) is 36.1 Å². The Hall–Kier alpha value is -4.24. The predicted octanol–water partition coefficient (Wildman–Crippen LogP) is 4.75. The molecule has 0 saturated carbocycles. The second-order valence-electron chi connectivity index (χ2n) is 8.71. The quantitative estimate of drug-likeness (QED) is 0.363. The number of H-pyrrole nitrogens is 1. The fourth-order valence-corrected chi connectivity index (χ4v) is 4.80. The summed E-state index contributed by atoms with van der Waals surface area (Å²) < 4.78 is 1.73. The number of benzene rings is 2. The highest BCUT2D eigenvalue weighted by molar-refractivity contribution is 7.20. The number of aromatic nitrogens is 4. The lowest BCUT2D eigenvalue weighted by Gasteiger charge is -2.26. The molecule has 5 rings (SSSR count). The number of amides is 2. The van der Waals surface area contributed by atoms with Crippen LogP contribution in [0.2, 0.25) is 0 Å². The highest BCUT2D eigenvalue weighted by atomic mass is 32.1.